The molecule has 16 heavy (non-hydrogen) atoms. The van der Waals surface area contributed by atoms with E-state index < -0.39 is 5.97 Å². The molecule has 0 fully saturated rings. The van der Waals surface area contributed by atoms with Crippen LogP contribution in [0.3, 0.4) is 0 Å². The van der Waals surface area contributed by atoms with Crippen LogP contribution in [-0.4, -0.2) is 21.8 Å². The Morgan fingerprint density at radius 3 is 2.81 bits per heavy atom. The lowest BCUT2D eigenvalue weighted by Crippen LogP contribution is -1.98. The molecule has 1 rings (SSSR count). The van der Waals surface area contributed by atoms with Gasteiger partial charge in [-0.1, -0.05) is 19.8 Å². The molecular weight excluding hydrogens is 222 g/mol. The minimum Gasteiger partial charge on any atom is -0.478 e. The van der Waals surface area contributed by atoms with Crippen molar-refractivity contribution in [2.24, 2.45) is 0 Å². The molecule has 4 heteroatoms. The summed E-state index contributed by atoms with van der Waals surface area (Å²) in [5.74, 6) is 1.09. The molecule has 1 aromatic rings. The van der Waals surface area contributed by atoms with Crippen LogP contribution in [0.25, 0.3) is 0 Å². The maximum Gasteiger partial charge on any atom is 0.337 e. The highest BCUT2D eigenvalue weighted by atomic mass is 32.2. The van der Waals surface area contributed by atoms with Gasteiger partial charge in [0.15, 0.2) is 0 Å². The van der Waals surface area contributed by atoms with Gasteiger partial charge in [-0.25, -0.2) is 4.79 Å². The summed E-state index contributed by atoms with van der Waals surface area (Å²) in [6.45, 7) is 2.19. The van der Waals surface area contributed by atoms with E-state index in [1.54, 1.807) is 12.1 Å². The van der Waals surface area contributed by atoms with Crippen molar-refractivity contribution in [3.8, 4) is 0 Å². The van der Waals surface area contributed by atoms with E-state index in [-0.39, 0.29) is 5.56 Å². The first-order valence-electron chi connectivity index (χ1n) is 5.50. The van der Waals surface area contributed by atoms with Crippen LogP contribution in [0.15, 0.2) is 18.3 Å². The second kappa shape index (κ2) is 7.28. The minimum atomic E-state index is -0.922. The van der Waals surface area contributed by atoms with Crippen LogP contribution in [0, 0.1) is 0 Å². The number of aromatic carboxylic acids is 1. The number of hydrogen-bond acceptors (Lipinski definition) is 3. The summed E-state index contributed by atoms with van der Waals surface area (Å²) >= 11 is 1.85. The smallest absolute Gasteiger partial charge is 0.337 e. The second-order valence-electron chi connectivity index (χ2n) is 3.60. The van der Waals surface area contributed by atoms with Crippen molar-refractivity contribution in [3.05, 3.63) is 29.6 Å². The Morgan fingerprint density at radius 1 is 1.44 bits per heavy atom. The highest BCUT2D eigenvalue weighted by Crippen LogP contribution is 2.13. The number of rotatable bonds is 7. The Balaban J connectivity index is 2.29. The van der Waals surface area contributed by atoms with Crippen molar-refractivity contribution in [1.82, 2.24) is 4.98 Å². The van der Waals surface area contributed by atoms with Crippen LogP contribution in [0.5, 0.6) is 0 Å². The van der Waals surface area contributed by atoms with Gasteiger partial charge >= 0.3 is 5.97 Å². The molecule has 0 aliphatic rings. The van der Waals surface area contributed by atoms with Gasteiger partial charge in [-0.2, -0.15) is 11.8 Å². The number of pyridine rings is 1. The van der Waals surface area contributed by atoms with E-state index in [0.717, 1.165) is 17.2 Å². The van der Waals surface area contributed by atoms with E-state index in [2.05, 4.69) is 11.9 Å². The number of carboxylic acid groups (broad SMARTS) is 1. The van der Waals surface area contributed by atoms with Crippen LogP contribution >= 0.6 is 11.8 Å². The maximum atomic E-state index is 10.6. The molecule has 1 aromatic heterocycles. The standard InChI is InChI=1S/C12H17NO2S/c1-2-3-4-7-16-9-11-6-5-10(8-13-11)12(14)15/h5-6,8H,2-4,7,9H2,1H3,(H,14,15). The second-order valence-corrected chi connectivity index (χ2v) is 4.71. The van der Waals surface area contributed by atoms with Crippen LogP contribution in [0.4, 0.5) is 0 Å². The zero-order valence-corrected chi connectivity index (χ0v) is 10.3. The summed E-state index contributed by atoms with van der Waals surface area (Å²) in [7, 11) is 0. The summed E-state index contributed by atoms with van der Waals surface area (Å²) in [4.78, 5) is 14.7. The highest BCUT2D eigenvalue weighted by Gasteiger charge is 2.02. The number of nitrogens with zero attached hydrogens (tertiary/aromatic N) is 1. The lowest BCUT2D eigenvalue weighted by atomic mass is 10.2. The van der Waals surface area contributed by atoms with Gasteiger partial charge in [0.05, 0.1) is 11.3 Å². The zero-order valence-electron chi connectivity index (χ0n) is 9.48. The maximum absolute atomic E-state index is 10.6. The van der Waals surface area contributed by atoms with Crippen molar-refractivity contribution >= 4 is 17.7 Å². The monoisotopic (exact) mass is 239 g/mol. The van der Waals surface area contributed by atoms with Gasteiger partial charge in [-0.3, -0.25) is 4.98 Å². The SMILES string of the molecule is CCCCCSCc1ccc(C(=O)O)cn1. The van der Waals surface area contributed by atoms with Crippen molar-refractivity contribution in [2.45, 2.75) is 31.9 Å². The largest absolute Gasteiger partial charge is 0.478 e. The Hall–Kier alpha value is -1.03. The van der Waals surface area contributed by atoms with Crippen LogP contribution in [-0.2, 0) is 5.75 Å². The van der Waals surface area contributed by atoms with Crippen LogP contribution in [0.2, 0.25) is 0 Å². The average Bonchev–Trinajstić information content (AvgIpc) is 2.29. The topological polar surface area (TPSA) is 50.2 Å². The summed E-state index contributed by atoms with van der Waals surface area (Å²) in [5, 5.41) is 8.70. The Kier molecular flexibility index (Phi) is 5.93. The van der Waals surface area contributed by atoms with E-state index >= 15 is 0 Å². The van der Waals surface area contributed by atoms with Gasteiger partial charge in [0, 0.05) is 11.9 Å². The molecule has 88 valence electrons. The van der Waals surface area contributed by atoms with Crippen LogP contribution in [0.1, 0.15) is 42.2 Å². The number of aromatic nitrogens is 1. The minimum absolute atomic E-state index is 0.250. The molecular formula is C12H17NO2S. The fraction of sp³-hybridized carbons (Fsp3) is 0.500. The molecule has 0 saturated heterocycles. The normalized spacial score (nSPS) is 10.3. The number of thioether (sulfide) groups is 1. The quantitative estimate of drug-likeness (QED) is 0.742. The molecule has 0 radical (unpaired) electrons. The van der Waals surface area contributed by atoms with Crippen molar-refractivity contribution in [2.75, 3.05) is 5.75 Å². The molecule has 0 aromatic carbocycles. The Labute approximate surface area is 100 Å². The summed E-state index contributed by atoms with van der Waals surface area (Å²) in [6, 6.07) is 3.40. The molecule has 1 heterocycles. The van der Waals surface area contributed by atoms with Crippen LogP contribution < -0.4 is 0 Å². The molecule has 0 bridgehead atoms. The summed E-state index contributed by atoms with van der Waals surface area (Å²) in [6.07, 6.45) is 5.18. The Morgan fingerprint density at radius 2 is 2.25 bits per heavy atom. The lowest BCUT2D eigenvalue weighted by Gasteiger charge is -2.01. The third-order valence-electron chi connectivity index (χ3n) is 2.21. The molecule has 0 aliphatic carbocycles. The molecule has 0 unspecified atom stereocenters. The summed E-state index contributed by atoms with van der Waals surface area (Å²) < 4.78 is 0. The van der Waals surface area contributed by atoms with Gasteiger partial charge in [0.1, 0.15) is 0 Å². The van der Waals surface area contributed by atoms with E-state index in [0.29, 0.717) is 0 Å². The molecule has 0 atom stereocenters. The van der Waals surface area contributed by atoms with Crippen molar-refractivity contribution < 1.29 is 9.90 Å². The van der Waals surface area contributed by atoms with Gasteiger partial charge in [0.25, 0.3) is 0 Å². The predicted octanol–water partition coefficient (Wildman–Crippen LogP) is 3.20. The molecule has 0 aliphatic heterocycles. The number of carbonyl (C=O) groups is 1. The van der Waals surface area contributed by atoms with E-state index in [1.807, 2.05) is 11.8 Å². The first kappa shape index (κ1) is 13.0. The summed E-state index contributed by atoms with van der Waals surface area (Å²) in [5.41, 5.74) is 1.20. The van der Waals surface area contributed by atoms with E-state index in [1.165, 1.54) is 25.5 Å². The zero-order chi connectivity index (χ0) is 11.8. The predicted molar refractivity (Wildman–Crippen MR) is 66.9 cm³/mol. The van der Waals surface area contributed by atoms with Crippen molar-refractivity contribution in [1.29, 1.82) is 0 Å². The molecule has 0 amide bonds. The first-order valence-corrected chi connectivity index (χ1v) is 6.65. The third-order valence-corrected chi connectivity index (χ3v) is 3.29. The van der Waals surface area contributed by atoms with Gasteiger partial charge in [-0.15, -0.1) is 0 Å². The molecule has 0 spiro atoms. The average molecular weight is 239 g/mol. The highest BCUT2D eigenvalue weighted by molar-refractivity contribution is 7.98. The Bertz CT molecular complexity index is 324. The molecule has 3 nitrogen and oxygen atoms in total. The molecule has 0 saturated carbocycles. The third kappa shape index (κ3) is 4.66. The fourth-order valence-corrected chi connectivity index (χ4v) is 2.20. The first-order chi connectivity index (χ1) is 7.74. The molecule has 1 N–H and O–H groups in total. The number of unbranched alkanes of at least 4 members (excludes halogenated alkanes) is 2. The lowest BCUT2D eigenvalue weighted by molar-refractivity contribution is 0.0696. The van der Waals surface area contributed by atoms with Gasteiger partial charge in [0.2, 0.25) is 0 Å². The van der Waals surface area contributed by atoms with E-state index in [4.69, 9.17) is 5.11 Å². The van der Waals surface area contributed by atoms with Gasteiger partial charge in [-0.05, 0) is 24.3 Å². The number of carboxylic acids is 1. The van der Waals surface area contributed by atoms with Gasteiger partial charge < -0.3 is 5.11 Å². The number of hydrogen-bond donors (Lipinski definition) is 1. The van der Waals surface area contributed by atoms with E-state index in [9.17, 15) is 4.79 Å². The fourth-order valence-electron chi connectivity index (χ4n) is 1.27. The van der Waals surface area contributed by atoms with Crippen molar-refractivity contribution in [3.63, 3.8) is 0 Å².